The molecule has 1 amide bonds. The van der Waals surface area contributed by atoms with Crippen molar-refractivity contribution in [1.29, 1.82) is 0 Å². The van der Waals surface area contributed by atoms with Crippen LogP contribution in [-0.2, 0) is 9.53 Å². The fourth-order valence-corrected chi connectivity index (χ4v) is 2.41. The molecular weight excluding hydrogens is 273 g/mol. The number of carbonyl (C=O) groups excluding carboxylic acids is 2. The van der Waals surface area contributed by atoms with Crippen molar-refractivity contribution in [3.8, 4) is 0 Å². The average molecular weight is 293 g/mol. The third-order valence-corrected chi connectivity index (χ3v) is 3.26. The number of benzene rings is 1. The van der Waals surface area contributed by atoms with Gasteiger partial charge in [-0.3, -0.25) is 4.79 Å². The molecule has 0 spiro atoms. The third kappa shape index (κ3) is 3.80. The van der Waals surface area contributed by atoms with Crippen molar-refractivity contribution in [1.82, 2.24) is 4.90 Å². The molecule has 1 aromatic rings. The Bertz CT molecular complexity index is 551. The number of hydrogen-bond donors (Lipinski definition) is 0. The van der Waals surface area contributed by atoms with Crippen LogP contribution in [0.4, 0.5) is 4.39 Å². The zero-order chi connectivity index (χ0) is 15.6. The number of esters is 1. The summed E-state index contributed by atoms with van der Waals surface area (Å²) in [7, 11) is 0. The second-order valence-corrected chi connectivity index (χ2v) is 6.20. The maximum atomic E-state index is 13.2. The topological polar surface area (TPSA) is 46.6 Å². The van der Waals surface area contributed by atoms with Gasteiger partial charge < -0.3 is 9.64 Å². The zero-order valence-electron chi connectivity index (χ0n) is 12.6. The standard InChI is InChI=1S/C16H20FNO3/c1-16(2,3)21-15(20)13-8-5-9-18(13)14(19)11-6-4-7-12(17)10-11/h4,6-7,10,13H,5,8-9H2,1-3H3/t13-/m1/s1. The number of nitrogens with zero attached hydrogens (tertiary/aromatic N) is 1. The lowest BCUT2D eigenvalue weighted by Crippen LogP contribution is -2.43. The van der Waals surface area contributed by atoms with Crippen molar-refractivity contribution < 1.29 is 18.7 Å². The first-order valence-corrected chi connectivity index (χ1v) is 7.07. The monoisotopic (exact) mass is 293 g/mol. The van der Waals surface area contributed by atoms with E-state index in [2.05, 4.69) is 0 Å². The van der Waals surface area contributed by atoms with Gasteiger partial charge in [-0.25, -0.2) is 9.18 Å². The number of ether oxygens (including phenoxy) is 1. The van der Waals surface area contributed by atoms with Crippen LogP contribution < -0.4 is 0 Å². The maximum absolute atomic E-state index is 13.2. The summed E-state index contributed by atoms with van der Waals surface area (Å²) in [5.41, 5.74) is -0.335. The Morgan fingerprint density at radius 2 is 2.05 bits per heavy atom. The van der Waals surface area contributed by atoms with Crippen molar-refractivity contribution in [2.75, 3.05) is 6.54 Å². The van der Waals surface area contributed by atoms with Gasteiger partial charge >= 0.3 is 5.97 Å². The number of halogens is 1. The summed E-state index contributed by atoms with van der Waals surface area (Å²) in [4.78, 5) is 26.1. The van der Waals surface area contributed by atoms with E-state index in [0.29, 0.717) is 13.0 Å². The van der Waals surface area contributed by atoms with Crippen LogP contribution in [0, 0.1) is 5.82 Å². The van der Waals surface area contributed by atoms with Crippen molar-refractivity contribution >= 4 is 11.9 Å². The van der Waals surface area contributed by atoms with Crippen LogP contribution in [0.25, 0.3) is 0 Å². The summed E-state index contributed by atoms with van der Waals surface area (Å²) in [6.45, 7) is 5.86. The van der Waals surface area contributed by atoms with Gasteiger partial charge in [0.1, 0.15) is 17.5 Å². The van der Waals surface area contributed by atoms with E-state index in [4.69, 9.17) is 4.74 Å². The molecule has 4 nitrogen and oxygen atoms in total. The molecule has 1 aliphatic rings. The summed E-state index contributed by atoms with van der Waals surface area (Å²) in [5.74, 6) is -1.19. The number of hydrogen-bond acceptors (Lipinski definition) is 3. The van der Waals surface area contributed by atoms with Gasteiger partial charge in [0.15, 0.2) is 0 Å². The third-order valence-electron chi connectivity index (χ3n) is 3.26. The SMILES string of the molecule is CC(C)(C)OC(=O)[C@H]1CCCN1C(=O)c1cccc(F)c1. The molecule has 0 saturated carbocycles. The predicted octanol–water partition coefficient (Wildman–Crippen LogP) is 2.77. The lowest BCUT2D eigenvalue weighted by molar-refractivity contribution is -0.159. The zero-order valence-corrected chi connectivity index (χ0v) is 12.6. The molecule has 0 unspecified atom stereocenters. The second-order valence-electron chi connectivity index (χ2n) is 6.20. The summed E-state index contributed by atoms with van der Waals surface area (Å²) in [6.07, 6.45) is 1.32. The number of amides is 1. The van der Waals surface area contributed by atoms with Crippen LogP contribution in [0.3, 0.4) is 0 Å². The van der Waals surface area contributed by atoms with Gasteiger partial charge in [0.2, 0.25) is 0 Å². The highest BCUT2D eigenvalue weighted by molar-refractivity contribution is 5.97. The Hall–Kier alpha value is -1.91. The van der Waals surface area contributed by atoms with Crippen LogP contribution in [-0.4, -0.2) is 35.0 Å². The second kappa shape index (κ2) is 5.84. The van der Waals surface area contributed by atoms with Gasteiger partial charge in [-0.05, 0) is 51.8 Å². The predicted molar refractivity (Wildman–Crippen MR) is 76.3 cm³/mol. The van der Waals surface area contributed by atoms with Crippen molar-refractivity contribution in [3.05, 3.63) is 35.6 Å². The average Bonchev–Trinajstić information content (AvgIpc) is 2.85. The van der Waals surface area contributed by atoms with Crippen LogP contribution in [0.15, 0.2) is 24.3 Å². The molecule has 21 heavy (non-hydrogen) atoms. The van der Waals surface area contributed by atoms with Crippen LogP contribution in [0.1, 0.15) is 44.0 Å². The highest BCUT2D eigenvalue weighted by atomic mass is 19.1. The van der Waals surface area contributed by atoms with Crippen molar-refractivity contribution in [3.63, 3.8) is 0 Å². The maximum Gasteiger partial charge on any atom is 0.329 e. The Morgan fingerprint density at radius 3 is 2.67 bits per heavy atom. The number of rotatable bonds is 2. The van der Waals surface area contributed by atoms with Crippen LogP contribution in [0.5, 0.6) is 0 Å². The lowest BCUT2D eigenvalue weighted by Gasteiger charge is -2.27. The van der Waals surface area contributed by atoms with Gasteiger partial charge in [-0.15, -0.1) is 0 Å². The molecular formula is C16H20FNO3. The molecule has 5 heteroatoms. The molecule has 1 aromatic carbocycles. The first kappa shape index (κ1) is 15.5. The van der Waals surface area contributed by atoms with Gasteiger partial charge in [0, 0.05) is 12.1 Å². The molecule has 1 fully saturated rings. The molecule has 0 radical (unpaired) electrons. The quantitative estimate of drug-likeness (QED) is 0.788. The Labute approximate surface area is 123 Å². The summed E-state index contributed by atoms with van der Waals surface area (Å²) < 4.78 is 18.6. The fourth-order valence-electron chi connectivity index (χ4n) is 2.41. The first-order chi connectivity index (χ1) is 9.78. The van der Waals surface area contributed by atoms with Gasteiger partial charge in [-0.2, -0.15) is 0 Å². The van der Waals surface area contributed by atoms with E-state index in [1.54, 1.807) is 26.8 Å². The van der Waals surface area contributed by atoms with Crippen molar-refractivity contribution in [2.24, 2.45) is 0 Å². The molecule has 2 rings (SSSR count). The van der Waals surface area contributed by atoms with E-state index in [1.807, 2.05) is 0 Å². The molecule has 1 aliphatic heterocycles. The molecule has 0 N–H and O–H groups in total. The van der Waals surface area contributed by atoms with E-state index >= 15 is 0 Å². The molecule has 0 aliphatic carbocycles. The smallest absolute Gasteiger partial charge is 0.329 e. The normalized spacial score (nSPS) is 18.7. The first-order valence-electron chi connectivity index (χ1n) is 7.07. The minimum atomic E-state index is -0.590. The van der Waals surface area contributed by atoms with Crippen LogP contribution in [0.2, 0.25) is 0 Å². The van der Waals surface area contributed by atoms with Gasteiger partial charge in [-0.1, -0.05) is 6.07 Å². The van der Waals surface area contributed by atoms with E-state index in [1.165, 1.54) is 23.1 Å². The molecule has 1 saturated heterocycles. The molecule has 1 atom stereocenters. The fraction of sp³-hybridized carbons (Fsp3) is 0.500. The number of likely N-dealkylation sites (tertiary alicyclic amines) is 1. The Kier molecular flexibility index (Phi) is 4.30. The lowest BCUT2D eigenvalue weighted by atomic mass is 10.1. The van der Waals surface area contributed by atoms with Gasteiger partial charge in [0.25, 0.3) is 5.91 Å². The largest absolute Gasteiger partial charge is 0.458 e. The highest BCUT2D eigenvalue weighted by Crippen LogP contribution is 2.23. The van der Waals surface area contributed by atoms with E-state index < -0.39 is 23.4 Å². The minimum Gasteiger partial charge on any atom is -0.458 e. The van der Waals surface area contributed by atoms with E-state index in [9.17, 15) is 14.0 Å². The Balaban J connectivity index is 2.15. The Morgan fingerprint density at radius 1 is 1.33 bits per heavy atom. The van der Waals surface area contributed by atoms with Gasteiger partial charge in [0.05, 0.1) is 0 Å². The minimum absolute atomic E-state index is 0.255. The molecule has 0 aromatic heterocycles. The van der Waals surface area contributed by atoms with E-state index in [0.717, 1.165) is 6.42 Å². The van der Waals surface area contributed by atoms with Crippen LogP contribution >= 0.6 is 0 Å². The molecule has 1 heterocycles. The highest BCUT2D eigenvalue weighted by Gasteiger charge is 2.37. The summed E-state index contributed by atoms with van der Waals surface area (Å²) >= 11 is 0. The van der Waals surface area contributed by atoms with E-state index in [-0.39, 0.29) is 11.5 Å². The molecule has 0 bridgehead atoms. The van der Waals surface area contributed by atoms with Crippen molar-refractivity contribution in [2.45, 2.75) is 45.3 Å². The molecule has 114 valence electrons. The number of carbonyl (C=O) groups is 2. The summed E-state index contributed by atoms with van der Waals surface area (Å²) in [6, 6.07) is 4.93. The summed E-state index contributed by atoms with van der Waals surface area (Å²) in [5, 5.41) is 0.